The number of aromatic hydroxyl groups is 1. The molecule has 8 heteroatoms. The Labute approximate surface area is 267 Å². The number of carbonyl (C=O) groups excluding carboxylic acids is 1. The molecule has 0 atom stereocenters. The van der Waals surface area contributed by atoms with E-state index in [4.69, 9.17) is 9.40 Å². The van der Waals surface area contributed by atoms with E-state index in [1.54, 1.807) is 0 Å². The van der Waals surface area contributed by atoms with Crippen molar-refractivity contribution in [2.45, 2.75) is 56.9 Å². The van der Waals surface area contributed by atoms with Gasteiger partial charge in [-0.2, -0.15) is 10.4 Å². The molecule has 0 saturated carbocycles. The van der Waals surface area contributed by atoms with E-state index in [1.807, 2.05) is 93.6 Å². The molecule has 1 amide bonds. The van der Waals surface area contributed by atoms with Gasteiger partial charge in [0, 0.05) is 39.6 Å². The Hall–Kier alpha value is -4.87. The predicted octanol–water partition coefficient (Wildman–Crippen LogP) is 8.16. The summed E-state index contributed by atoms with van der Waals surface area (Å²) in [6.45, 7) is 6.11. The number of fused-ring (bicyclic) bond motifs is 3. The number of hydrazone groups is 1. The fourth-order valence-corrected chi connectivity index (χ4v) is 6.61. The van der Waals surface area contributed by atoms with Crippen LogP contribution >= 0.6 is 11.8 Å². The second kappa shape index (κ2) is 12.6. The predicted molar refractivity (Wildman–Crippen MR) is 180 cm³/mol. The van der Waals surface area contributed by atoms with Crippen LogP contribution in [0.3, 0.4) is 0 Å². The summed E-state index contributed by atoms with van der Waals surface area (Å²) in [6, 6.07) is 25.6. The number of nitrogens with zero attached hydrogens (tertiary/aromatic N) is 3. The smallest absolute Gasteiger partial charge is 0.250 e. The summed E-state index contributed by atoms with van der Waals surface area (Å²) in [7, 11) is 0. The second-order valence-electron chi connectivity index (χ2n) is 12.2. The van der Waals surface area contributed by atoms with Gasteiger partial charge < -0.3 is 9.52 Å². The first-order valence-electron chi connectivity index (χ1n) is 15.1. The summed E-state index contributed by atoms with van der Waals surface area (Å²) in [5, 5.41) is 27.1. The minimum atomic E-state index is -0.356. The molecule has 2 heterocycles. The van der Waals surface area contributed by atoms with E-state index in [1.165, 1.54) is 18.0 Å². The molecule has 1 aliphatic rings. The van der Waals surface area contributed by atoms with Crippen LogP contribution in [-0.4, -0.2) is 28.0 Å². The molecule has 0 saturated heterocycles. The van der Waals surface area contributed by atoms with Crippen LogP contribution in [0.2, 0.25) is 0 Å². The first-order valence-corrected chi connectivity index (χ1v) is 16.0. The molecule has 2 N–H and O–H groups in total. The van der Waals surface area contributed by atoms with Crippen molar-refractivity contribution >= 4 is 34.9 Å². The Morgan fingerprint density at radius 2 is 1.76 bits per heavy atom. The van der Waals surface area contributed by atoms with Crippen LogP contribution in [0.4, 0.5) is 0 Å². The molecular formula is C37H34N4O3S. The minimum Gasteiger partial charge on any atom is -0.507 e. The van der Waals surface area contributed by atoms with Gasteiger partial charge in [0.1, 0.15) is 28.2 Å². The summed E-state index contributed by atoms with van der Waals surface area (Å²) >= 11 is 1.19. The molecule has 7 nitrogen and oxygen atoms in total. The molecule has 6 rings (SSSR count). The summed E-state index contributed by atoms with van der Waals surface area (Å²) in [5.74, 6) is 0.747. The van der Waals surface area contributed by atoms with Gasteiger partial charge in [-0.05, 0) is 42.4 Å². The minimum absolute atomic E-state index is 0.00394. The maximum atomic E-state index is 13.0. The van der Waals surface area contributed by atoms with Crippen molar-refractivity contribution in [3.8, 4) is 34.2 Å². The molecular weight excluding hydrogens is 580 g/mol. The number of hydrogen-bond acceptors (Lipinski definition) is 7. The van der Waals surface area contributed by atoms with E-state index in [-0.39, 0.29) is 22.8 Å². The molecule has 3 aromatic carbocycles. The molecule has 45 heavy (non-hydrogen) atoms. The van der Waals surface area contributed by atoms with Gasteiger partial charge in [0.15, 0.2) is 0 Å². The Kier molecular flexibility index (Phi) is 8.46. The number of amides is 1. The molecule has 0 bridgehead atoms. The number of thioether (sulfide) groups is 1. The molecule has 226 valence electrons. The number of rotatable bonds is 7. The number of hydrogen-bond donors (Lipinski definition) is 2. The number of pyridine rings is 1. The molecule has 1 aliphatic carbocycles. The van der Waals surface area contributed by atoms with Gasteiger partial charge in [0.25, 0.3) is 0 Å². The highest BCUT2D eigenvalue weighted by Crippen LogP contribution is 2.42. The van der Waals surface area contributed by atoms with E-state index in [0.717, 1.165) is 75.9 Å². The van der Waals surface area contributed by atoms with Gasteiger partial charge in [-0.25, -0.2) is 10.4 Å². The number of phenolic OH excluding ortho intramolecular Hbond substituents is 1. The van der Waals surface area contributed by atoms with Gasteiger partial charge in [-0.15, -0.1) is 0 Å². The number of aryl methyl sites for hydroxylation is 2. The lowest BCUT2D eigenvalue weighted by Gasteiger charge is -2.21. The average Bonchev–Trinajstić information content (AvgIpc) is 3.43. The van der Waals surface area contributed by atoms with E-state index >= 15 is 0 Å². The SMILES string of the molecule is CC(C)(C)c1cc2oc3c(c2c(C=NNC(=O)CSc2nc(-c4ccccc4)cc(-c4ccccc4)c2C#N)c1O)CCCC3. The highest BCUT2D eigenvalue weighted by atomic mass is 32.2. The maximum absolute atomic E-state index is 13.0. The number of nitriles is 1. The highest BCUT2D eigenvalue weighted by molar-refractivity contribution is 8.00. The van der Waals surface area contributed by atoms with Gasteiger partial charge >= 0.3 is 0 Å². The van der Waals surface area contributed by atoms with E-state index in [9.17, 15) is 15.2 Å². The van der Waals surface area contributed by atoms with Crippen LogP contribution in [0.15, 0.2) is 87.3 Å². The van der Waals surface area contributed by atoms with Crippen molar-refractivity contribution in [3.63, 3.8) is 0 Å². The Balaban J connectivity index is 1.27. The number of benzene rings is 3. The highest BCUT2D eigenvalue weighted by Gasteiger charge is 2.27. The summed E-state index contributed by atoms with van der Waals surface area (Å²) in [6.07, 6.45) is 5.40. The Morgan fingerprint density at radius 1 is 1.07 bits per heavy atom. The third-order valence-electron chi connectivity index (χ3n) is 8.04. The fourth-order valence-electron chi connectivity index (χ4n) is 5.82. The van der Waals surface area contributed by atoms with E-state index < -0.39 is 0 Å². The van der Waals surface area contributed by atoms with E-state index in [0.29, 0.717) is 16.2 Å². The standard InChI is InChI=1S/C37H34N4O3S/c1-37(2,3)29-19-32-34(25-16-10-11-17-31(25)44-32)28(35(29)43)21-39-41-33(42)22-45-36-27(20-38)26(23-12-6-4-7-13-23)18-30(40-36)24-14-8-5-9-15-24/h4-9,12-15,18-19,21,43H,10-11,16-17,22H2,1-3H3,(H,41,42). The normalized spacial score (nSPS) is 13.1. The number of aromatic nitrogens is 1. The van der Waals surface area contributed by atoms with Crippen LogP contribution < -0.4 is 5.43 Å². The number of carbonyl (C=O) groups is 1. The number of phenols is 1. The van der Waals surface area contributed by atoms with Gasteiger partial charge in [0.05, 0.1) is 23.2 Å². The monoisotopic (exact) mass is 614 g/mol. The van der Waals surface area contributed by atoms with Crippen molar-refractivity contribution in [3.05, 3.63) is 101 Å². The van der Waals surface area contributed by atoms with Crippen LogP contribution in [0, 0.1) is 11.3 Å². The fraction of sp³-hybridized carbons (Fsp3) is 0.243. The average molecular weight is 615 g/mol. The first-order chi connectivity index (χ1) is 21.7. The molecule has 2 aromatic heterocycles. The Morgan fingerprint density at radius 3 is 2.44 bits per heavy atom. The molecule has 0 spiro atoms. The van der Waals surface area contributed by atoms with Gasteiger partial charge in [0.2, 0.25) is 5.91 Å². The zero-order valence-electron chi connectivity index (χ0n) is 25.6. The number of furan rings is 1. The van der Waals surface area contributed by atoms with Crippen molar-refractivity contribution in [1.29, 1.82) is 5.26 Å². The summed E-state index contributed by atoms with van der Waals surface area (Å²) in [4.78, 5) is 17.8. The van der Waals surface area contributed by atoms with Crippen molar-refractivity contribution in [1.82, 2.24) is 10.4 Å². The number of nitrogens with one attached hydrogen (secondary N) is 1. The zero-order chi connectivity index (χ0) is 31.6. The zero-order valence-corrected chi connectivity index (χ0v) is 26.4. The molecule has 5 aromatic rings. The topological polar surface area (TPSA) is 112 Å². The van der Waals surface area contributed by atoms with Crippen molar-refractivity contribution < 1.29 is 14.3 Å². The van der Waals surface area contributed by atoms with E-state index in [2.05, 4.69) is 16.6 Å². The van der Waals surface area contributed by atoms with Crippen molar-refractivity contribution in [2.24, 2.45) is 5.10 Å². The molecule has 0 aliphatic heterocycles. The quantitative estimate of drug-likeness (QED) is 0.109. The van der Waals surface area contributed by atoms with Crippen LogP contribution in [0.25, 0.3) is 33.4 Å². The lowest BCUT2D eigenvalue weighted by atomic mass is 9.83. The lowest BCUT2D eigenvalue weighted by Crippen LogP contribution is -2.20. The van der Waals surface area contributed by atoms with Gasteiger partial charge in [-0.3, -0.25) is 4.79 Å². The first kappa shape index (κ1) is 30.2. The molecule has 0 radical (unpaired) electrons. The second-order valence-corrected chi connectivity index (χ2v) is 13.1. The van der Waals surface area contributed by atoms with Crippen LogP contribution in [0.5, 0.6) is 5.75 Å². The van der Waals surface area contributed by atoms with Gasteiger partial charge in [-0.1, -0.05) is 93.2 Å². The van der Waals surface area contributed by atoms with Crippen LogP contribution in [0.1, 0.15) is 61.6 Å². The van der Waals surface area contributed by atoms with Crippen molar-refractivity contribution in [2.75, 3.05) is 5.75 Å². The summed E-state index contributed by atoms with van der Waals surface area (Å²) < 4.78 is 6.25. The van der Waals surface area contributed by atoms with Crippen LogP contribution in [-0.2, 0) is 23.1 Å². The maximum Gasteiger partial charge on any atom is 0.250 e. The largest absolute Gasteiger partial charge is 0.507 e. The Bertz CT molecular complexity index is 1950. The summed E-state index contributed by atoms with van der Waals surface area (Å²) in [5.41, 5.74) is 9.14. The molecule has 0 unspecified atom stereocenters. The third kappa shape index (κ3) is 6.22. The third-order valence-corrected chi connectivity index (χ3v) is 9.01. The lowest BCUT2D eigenvalue weighted by molar-refractivity contribution is -0.118. The molecule has 0 fully saturated rings.